The van der Waals surface area contributed by atoms with Crippen LogP contribution in [0.4, 0.5) is 4.39 Å². The van der Waals surface area contributed by atoms with E-state index in [1.807, 2.05) is 17.5 Å². The van der Waals surface area contributed by atoms with Crippen molar-refractivity contribution in [2.45, 2.75) is 12.5 Å². The molecule has 0 fully saturated rings. The third-order valence-electron chi connectivity index (χ3n) is 2.67. The number of carbonyl (C=O) groups is 1. The minimum absolute atomic E-state index is 0.00510. The van der Waals surface area contributed by atoms with E-state index >= 15 is 0 Å². The van der Waals surface area contributed by atoms with Crippen molar-refractivity contribution in [3.8, 4) is 0 Å². The zero-order valence-corrected chi connectivity index (χ0v) is 11.0. The Kier molecular flexibility index (Phi) is 4.65. The molecule has 1 unspecified atom stereocenters. The molecule has 0 aliphatic carbocycles. The van der Waals surface area contributed by atoms with Crippen LogP contribution < -0.4 is 5.32 Å². The first kappa shape index (κ1) is 13.7. The lowest BCUT2D eigenvalue weighted by Crippen LogP contribution is -2.29. The van der Waals surface area contributed by atoms with E-state index in [0.29, 0.717) is 0 Å². The quantitative estimate of drug-likeness (QED) is 0.882. The fourth-order valence-electron chi connectivity index (χ4n) is 1.70. The fourth-order valence-corrected chi connectivity index (χ4v) is 2.40. The molecule has 0 aliphatic rings. The van der Waals surface area contributed by atoms with Crippen molar-refractivity contribution in [1.29, 1.82) is 0 Å². The lowest BCUT2D eigenvalue weighted by molar-refractivity contribution is -0.120. The molecule has 2 aromatic rings. The van der Waals surface area contributed by atoms with E-state index in [9.17, 15) is 14.3 Å². The maximum absolute atomic E-state index is 13.4. The number of hydrogen-bond acceptors (Lipinski definition) is 3. The van der Waals surface area contributed by atoms with Crippen LogP contribution in [0.25, 0.3) is 0 Å². The van der Waals surface area contributed by atoms with E-state index in [4.69, 9.17) is 0 Å². The topological polar surface area (TPSA) is 49.3 Å². The van der Waals surface area contributed by atoms with Gasteiger partial charge in [-0.25, -0.2) is 4.39 Å². The van der Waals surface area contributed by atoms with E-state index in [-0.39, 0.29) is 24.4 Å². The molecule has 0 radical (unpaired) electrons. The minimum atomic E-state index is -1.03. The van der Waals surface area contributed by atoms with Crippen LogP contribution in [0, 0.1) is 5.82 Å². The first-order chi connectivity index (χ1) is 9.16. The van der Waals surface area contributed by atoms with Crippen LogP contribution in [0.15, 0.2) is 41.8 Å². The molecule has 19 heavy (non-hydrogen) atoms. The summed E-state index contributed by atoms with van der Waals surface area (Å²) in [6, 6.07) is 9.74. The molecule has 3 nitrogen and oxygen atoms in total. The van der Waals surface area contributed by atoms with E-state index in [0.717, 1.165) is 4.88 Å². The van der Waals surface area contributed by atoms with Gasteiger partial charge in [0.1, 0.15) is 5.82 Å². The minimum Gasteiger partial charge on any atom is -0.386 e. The van der Waals surface area contributed by atoms with Crippen molar-refractivity contribution in [2.75, 3.05) is 6.54 Å². The van der Waals surface area contributed by atoms with Gasteiger partial charge in [0, 0.05) is 17.0 Å². The Bertz CT molecular complexity index is 542. The zero-order valence-electron chi connectivity index (χ0n) is 10.2. The van der Waals surface area contributed by atoms with Crippen molar-refractivity contribution in [1.82, 2.24) is 5.32 Å². The number of hydrogen-bond donors (Lipinski definition) is 2. The van der Waals surface area contributed by atoms with Gasteiger partial charge in [-0.2, -0.15) is 0 Å². The second-order valence-corrected chi connectivity index (χ2v) is 5.13. The highest BCUT2D eigenvalue weighted by Crippen LogP contribution is 2.15. The van der Waals surface area contributed by atoms with Crippen LogP contribution >= 0.6 is 11.3 Å². The van der Waals surface area contributed by atoms with Crippen LogP contribution in [-0.4, -0.2) is 17.6 Å². The molecule has 2 rings (SSSR count). The number of carbonyl (C=O) groups excluding carboxylic acids is 1. The van der Waals surface area contributed by atoms with Gasteiger partial charge in [0.25, 0.3) is 0 Å². The summed E-state index contributed by atoms with van der Waals surface area (Å²) in [5.74, 6) is -0.652. The maximum Gasteiger partial charge on any atom is 0.225 e. The number of thiophene rings is 1. The molecule has 0 aliphatic heterocycles. The van der Waals surface area contributed by atoms with Crippen molar-refractivity contribution in [3.63, 3.8) is 0 Å². The van der Waals surface area contributed by atoms with Gasteiger partial charge in [0.15, 0.2) is 0 Å². The molecule has 0 bridgehead atoms. The summed E-state index contributed by atoms with van der Waals surface area (Å²) >= 11 is 1.50. The monoisotopic (exact) mass is 279 g/mol. The highest BCUT2D eigenvalue weighted by atomic mass is 32.1. The molecule has 1 atom stereocenters. The highest BCUT2D eigenvalue weighted by molar-refractivity contribution is 7.10. The zero-order chi connectivity index (χ0) is 13.7. The Morgan fingerprint density at radius 3 is 2.79 bits per heavy atom. The average Bonchev–Trinajstić information content (AvgIpc) is 2.89. The summed E-state index contributed by atoms with van der Waals surface area (Å²) in [5.41, 5.74) is 0.193. The second-order valence-electron chi connectivity index (χ2n) is 4.10. The summed E-state index contributed by atoms with van der Waals surface area (Å²) in [5, 5.41) is 14.3. The summed E-state index contributed by atoms with van der Waals surface area (Å²) in [6.07, 6.45) is -0.754. The van der Waals surface area contributed by atoms with E-state index < -0.39 is 11.9 Å². The van der Waals surface area contributed by atoms with E-state index in [1.165, 1.54) is 23.5 Å². The van der Waals surface area contributed by atoms with Crippen molar-refractivity contribution < 1.29 is 14.3 Å². The molecule has 1 heterocycles. The maximum atomic E-state index is 13.4. The second kappa shape index (κ2) is 6.45. The smallest absolute Gasteiger partial charge is 0.225 e. The first-order valence-corrected chi connectivity index (χ1v) is 6.76. The van der Waals surface area contributed by atoms with E-state index in [2.05, 4.69) is 5.32 Å². The van der Waals surface area contributed by atoms with Gasteiger partial charge < -0.3 is 10.4 Å². The summed E-state index contributed by atoms with van der Waals surface area (Å²) in [4.78, 5) is 12.6. The Balaban J connectivity index is 1.85. The molecule has 0 saturated carbocycles. The average molecular weight is 279 g/mol. The SMILES string of the molecule is O=C(Cc1cccs1)NCC(O)c1ccccc1F. The molecule has 100 valence electrons. The summed E-state index contributed by atoms with van der Waals surface area (Å²) in [6.45, 7) is 0.00510. The number of aliphatic hydroxyl groups is 1. The van der Waals surface area contributed by atoms with Gasteiger partial charge in [-0.3, -0.25) is 4.79 Å². The molecular weight excluding hydrogens is 265 g/mol. The first-order valence-electron chi connectivity index (χ1n) is 5.88. The van der Waals surface area contributed by atoms with Gasteiger partial charge in [-0.1, -0.05) is 24.3 Å². The van der Waals surface area contributed by atoms with Gasteiger partial charge >= 0.3 is 0 Å². The van der Waals surface area contributed by atoms with Gasteiger partial charge in [-0.05, 0) is 17.5 Å². The number of halogens is 1. The third-order valence-corrected chi connectivity index (χ3v) is 3.55. The number of rotatable bonds is 5. The number of amides is 1. The molecule has 1 amide bonds. The molecule has 1 aromatic carbocycles. The number of benzene rings is 1. The Morgan fingerprint density at radius 1 is 1.32 bits per heavy atom. The molecule has 2 N–H and O–H groups in total. The normalized spacial score (nSPS) is 12.1. The standard InChI is InChI=1S/C14H14FNO2S/c15-12-6-2-1-5-11(12)13(17)9-16-14(18)8-10-4-3-7-19-10/h1-7,13,17H,8-9H2,(H,16,18). The predicted octanol–water partition coefficient (Wildman–Crippen LogP) is 2.28. The molecule has 1 aromatic heterocycles. The molecule has 5 heteroatoms. The van der Waals surface area contributed by atoms with Crippen LogP contribution in [0.3, 0.4) is 0 Å². The third kappa shape index (κ3) is 3.87. The fraction of sp³-hybridized carbons (Fsp3) is 0.214. The molecule has 0 spiro atoms. The highest BCUT2D eigenvalue weighted by Gasteiger charge is 2.13. The Morgan fingerprint density at radius 2 is 2.11 bits per heavy atom. The van der Waals surface area contributed by atoms with Crippen LogP contribution in [0.2, 0.25) is 0 Å². The van der Waals surface area contributed by atoms with Crippen molar-refractivity contribution in [2.24, 2.45) is 0 Å². The predicted molar refractivity (Wildman–Crippen MR) is 72.4 cm³/mol. The summed E-state index contributed by atoms with van der Waals surface area (Å²) in [7, 11) is 0. The molecular formula is C14H14FNO2S. The van der Waals surface area contributed by atoms with Crippen LogP contribution in [0.1, 0.15) is 16.5 Å². The van der Waals surface area contributed by atoms with Gasteiger partial charge in [0.2, 0.25) is 5.91 Å². The Hall–Kier alpha value is -1.72. The van der Waals surface area contributed by atoms with Crippen LogP contribution in [0.5, 0.6) is 0 Å². The number of aliphatic hydroxyl groups excluding tert-OH is 1. The van der Waals surface area contributed by atoms with E-state index in [1.54, 1.807) is 12.1 Å². The van der Waals surface area contributed by atoms with Crippen LogP contribution in [-0.2, 0) is 11.2 Å². The lowest BCUT2D eigenvalue weighted by Gasteiger charge is -2.12. The van der Waals surface area contributed by atoms with Gasteiger partial charge in [0.05, 0.1) is 12.5 Å². The van der Waals surface area contributed by atoms with Crippen molar-refractivity contribution in [3.05, 3.63) is 58.0 Å². The number of nitrogens with one attached hydrogen (secondary N) is 1. The van der Waals surface area contributed by atoms with Crippen molar-refractivity contribution >= 4 is 17.2 Å². The Labute approximate surface area is 114 Å². The lowest BCUT2D eigenvalue weighted by atomic mass is 10.1. The largest absolute Gasteiger partial charge is 0.386 e. The van der Waals surface area contributed by atoms with Gasteiger partial charge in [-0.15, -0.1) is 11.3 Å². The molecule has 0 saturated heterocycles. The summed E-state index contributed by atoms with van der Waals surface area (Å²) < 4.78 is 13.4.